The number of anilines is 1. The summed E-state index contributed by atoms with van der Waals surface area (Å²) in [5.74, 6) is 0.705. The molecule has 0 aliphatic rings. The van der Waals surface area contributed by atoms with E-state index in [9.17, 15) is 4.79 Å². The highest BCUT2D eigenvalue weighted by atomic mass is 16.1. The van der Waals surface area contributed by atoms with Gasteiger partial charge in [-0.15, -0.1) is 0 Å². The van der Waals surface area contributed by atoms with E-state index in [1.54, 1.807) is 0 Å². The molecule has 19 heavy (non-hydrogen) atoms. The zero-order valence-electron chi connectivity index (χ0n) is 12.3. The van der Waals surface area contributed by atoms with Crippen LogP contribution in [-0.2, 0) is 11.2 Å². The first-order valence-electron chi connectivity index (χ1n) is 7.20. The number of nitrogen functional groups attached to an aromatic ring is 1. The van der Waals surface area contributed by atoms with Crippen LogP contribution in [0.1, 0.15) is 45.6 Å². The smallest absolute Gasteiger partial charge is 0.220 e. The zero-order valence-corrected chi connectivity index (χ0v) is 12.3. The number of carbonyl (C=O) groups excluding carboxylic acids is 1. The molecule has 0 fully saturated rings. The zero-order chi connectivity index (χ0) is 14.3. The van der Waals surface area contributed by atoms with Gasteiger partial charge in [0.05, 0.1) is 0 Å². The second kappa shape index (κ2) is 7.82. The van der Waals surface area contributed by atoms with Gasteiger partial charge in [-0.3, -0.25) is 4.79 Å². The number of hydrogen-bond donors (Lipinski definition) is 2. The van der Waals surface area contributed by atoms with Gasteiger partial charge in [0.1, 0.15) is 0 Å². The van der Waals surface area contributed by atoms with Crippen LogP contribution in [0.3, 0.4) is 0 Å². The topological polar surface area (TPSA) is 55.1 Å². The molecule has 0 spiro atoms. The Bertz CT molecular complexity index is 382. The monoisotopic (exact) mass is 262 g/mol. The predicted molar refractivity (Wildman–Crippen MR) is 80.9 cm³/mol. The van der Waals surface area contributed by atoms with Crippen molar-refractivity contribution in [3.05, 3.63) is 29.8 Å². The summed E-state index contributed by atoms with van der Waals surface area (Å²) in [6.45, 7) is 6.44. The maximum atomic E-state index is 11.9. The maximum absolute atomic E-state index is 11.9. The van der Waals surface area contributed by atoms with Crippen molar-refractivity contribution < 1.29 is 4.79 Å². The molecule has 1 rings (SSSR count). The average molecular weight is 262 g/mol. The van der Waals surface area contributed by atoms with Gasteiger partial charge in [0, 0.05) is 18.2 Å². The minimum atomic E-state index is 0.135. The first kappa shape index (κ1) is 15.5. The van der Waals surface area contributed by atoms with E-state index < -0.39 is 0 Å². The van der Waals surface area contributed by atoms with Crippen molar-refractivity contribution in [3.63, 3.8) is 0 Å². The molecule has 0 bridgehead atoms. The van der Waals surface area contributed by atoms with E-state index in [1.807, 2.05) is 24.3 Å². The summed E-state index contributed by atoms with van der Waals surface area (Å²) in [6, 6.07) is 7.97. The van der Waals surface area contributed by atoms with E-state index in [1.165, 1.54) is 0 Å². The minimum absolute atomic E-state index is 0.135. The van der Waals surface area contributed by atoms with Gasteiger partial charge in [-0.1, -0.05) is 38.8 Å². The number of carbonyl (C=O) groups is 1. The van der Waals surface area contributed by atoms with E-state index >= 15 is 0 Å². The first-order valence-corrected chi connectivity index (χ1v) is 7.20. The average Bonchev–Trinajstić information content (AvgIpc) is 2.39. The van der Waals surface area contributed by atoms with E-state index in [0.29, 0.717) is 12.3 Å². The van der Waals surface area contributed by atoms with Crippen LogP contribution in [0.15, 0.2) is 24.3 Å². The number of benzene rings is 1. The highest BCUT2D eigenvalue weighted by Gasteiger charge is 2.15. The van der Waals surface area contributed by atoms with Crippen molar-refractivity contribution in [2.75, 3.05) is 5.73 Å². The lowest BCUT2D eigenvalue weighted by Gasteiger charge is -2.22. The third-order valence-corrected chi connectivity index (χ3v) is 3.76. The van der Waals surface area contributed by atoms with Crippen LogP contribution < -0.4 is 11.1 Å². The molecule has 3 N–H and O–H groups in total. The van der Waals surface area contributed by atoms with Crippen molar-refractivity contribution in [2.45, 2.75) is 52.5 Å². The molecular formula is C16H26N2O. The molecule has 0 radical (unpaired) electrons. The van der Waals surface area contributed by atoms with Crippen LogP contribution in [0.5, 0.6) is 0 Å². The summed E-state index contributed by atoms with van der Waals surface area (Å²) in [4.78, 5) is 11.9. The van der Waals surface area contributed by atoms with Gasteiger partial charge in [-0.05, 0) is 37.0 Å². The van der Waals surface area contributed by atoms with Gasteiger partial charge >= 0.3 is 0 Å². The van der Waals surface area contributed by atoms with Crippen LogP contribution >= 0.6 is 0 Å². The fourth-order valence-corrected chi connectivity index (χ4v) is 2.38. The standard InChI is InChI=1S/C16H26N2O/c1-4-14(5-2)12(3)18-16(19)11-8-13-6-9-15(17)10-7-13/h6-7,9-10,12,14H,4-5,8,11,17H2,1-3H3,(H,18,19). The van der Waals surface area contributed by atoms with E-state index in [0.717, 1.165) is 30.5 Å². The lowest BCUT2D eigenvalue weighted by atomic mass is 9.95. The number of hydrogen-bond acceptors (Lipinski definition) is 2. The molecule has 3 nitrogen and oxygen atoms in total. The molecule has 0 aliphatic heterocycles. The van der Waals surface area contributed by atoms with Crippen molar-refractivity contribution in [2.24, 2.45) is 5.92 Å². The Morgan fingerprint density at radius 1 is 1.21 bits per heavy atom. The molecule has 1 atom stereocenters. The van der Waals surface area contributed by atoms with Crippen molar-refractivity contribution in [3.8, 4) is 0 Å². The Morgan fingerprint density at radius 2 is 1.79 bits per heavy atom. The van der Waals surface area contributed by atoms with Gasteiger partial charge in [0.25, 0.3) is 0 Å². The quantitative estimate of drug-likeness (QED) is 0.742. The van der Waals surface area contributed by atoms with Crippen LogP contribution in [0.2, 0.25) is 0 Å². The van der Waals surface area contributed by atoms with Gasteiger partial charge < -0.3 is 11.1 Å². The molecule has 0 aromatic heterocycles. The largest absolute Gasteiger partial charge is 0.399 e. The summed E-state index contributed by atoms with van der Waals surface area (Å²) in [7, 11) is 0. The summed E-state index contributed by atoms with van der Waals surface area (Å²) in [5, 5.41) is 3.10. The lowest BCUT2D eigenvalue weighted by molar-refractivity contribution is -0.122. The molecule has 106 valence electrons. The third kappa shape index (κ3) is 5.33. The molecule has 1 amide bonds. The highest BCUT2D eigenvalue weighted by Crippen LogP contribution is 2.13. The van der Waals surface area contributed by atoms with Crippen LogP contribution in [0.4, 0.5) is 5.69 Å². The molecule has 0 heterocycles. The third-order valence-electron chi connectivity index (χ3n) is 3.76. The van der Waals surface area contributed by atoms with E-state index in [2.05, 4.69) is 26.1 Å². The number of nitrogens with two attached hydrogens (primary N) is 1. The molecule has 0 saturated heterocycles. The van der Waals surface area contributed by atoms with Gasteiger partial charge in [-0.25, -0.2) is 0 Å². The van der Waals surface area contributed by atoms with Gasteiger partial charge in [0.2, 0.25) is 5.91 Å². The van der Waals surface area contributed by atoms with Crippen molar-refractivity contribution in [1.82, 2.24) is 5.32 Å². The van der Waals surface area contributed by atoms with Crippen molar-refractivity contribution in [1.29, 1.82) is 0 Å². The number of rotatable bonds is 7. The van der Waals surface area contributed by atoms with E-state index in [4.69, 9.17) is 5.73 Å². The fourth-order valence-electron chi connectivity index (χ4n) is 2.38. The number of nitrogens with one attached hydrogen (secondary N) is 1. The van der Waals surface area contributed by atoms with Crippen molar-refractivity contribution >= 4 is 11.6 Å². The number of aryl methyl sites for hydroxylation is 1. The second-order valence-electron chi connectivity index (χ2n) is 5.17. The van der Waals surface area contributed by atoms with E-state index in [-0.39, 0.29) is 11.9 Å². The Balaban J connectivity index is 2.37. The summed E-state index contributed by atoms with van der Waals surface area (Å²) in [5.41, 5.74) is 7.55. The molecule has 0 aliphatic carbocycles. The number of amides is 1. The predicted octanol–water partition coefficient (Wildman–Crippen LogP) is 3.14. The van der Waals surface area contributed by atoms with Crippen LogP contribution in [0, 0.1) is 5.92 Å². The molecule has 1 unspecified atom stereocenters. The lowest BCUT2D eigenvalue weighted by Crippen LogP contribution is -2.37. The highest BCUT2D eigenvalue weighted by molar-refractivity contribution is 5.76. The molecule has 1 aromatic rings. The Hall–Kier alpha value is -1.51. The first-order chi connectivity index (χ1) is 9.06. The minimum Gasteiger partial charge on any atom is -0.399 e. The Kier molecular flexibility index (Phi) is 6.40. The normalized spacial score (nSPS) is 12.4. The van der Waals surface area contributed by atoms with Crippen LogP contribution in [0.25, 0.3) is 0 Å². The maximum Gasteiger partial charge on any atom is 0.220 e. The molecule has 1 aromatic carbocycles. The van der Waals surface area contributed by atoms with Gasteiger partial charge in [0.15, 0.2) is 0 Å². The summed E-state index contributed by atoms with van der Waals surface area (Å²) >= 11 is 0. The Morgan fingerprint density at radius 3 is 2.32 bits per heavy atom. The second-order valence-corrected chi connectivity index (χ2v) is 5.17. The molecule has 0 saturated carbocycles. The fraction of sp³-hybridized carbons (Fsp3) is 0.562. The molecular weight excluding hydrogens is 236 g/mol. The SMILES string of the molecule is CCC(CC)C(C)NC(=O)CCc1ccc(N)cc1. The Labute approximate surface area is 116 Å². The summed E-state index contributed by atoms with van der Waals surface area (Å²) in [6.07, 6.45) is 3.52. The van der Waals surface area contributed by atoms with Gasteiger partial charge in [-0.2, -0.15) is 0 Å². The van der Waals surface area contributed by atoms with Crippen LogP contribution in [-0.4, -0.2) is 11.9 Å². The molecule has 3 heteroatoms. The summed E-state index contributed by atoms with van der Waals surface area (Å²) < 4.78 is 0.